The molecule has 1 N–H and O–H groups in total. The monoisotopic (exact) mass is 998 g/mol. The fourth-order valence-electron chi connectivity index (χ4n) is 10.8. The lowest BCUT2D eigenvalue weighted by atomic mass is 9.77. The number of likely N-dealkylation sites (tertiary alicyclic amines) is 1. The molecule has 2 unspecified atom stereocenters. The molecule has 0 aliphatic carbocycles. The molecule has 0 spiro atoms. The summed E-state index contributed by atoms with van der Waals surface area (Å²) in [5.41, 5.74) is 1.00. The highest BCUT2D eigenvalue weighted by Crippen LogP contribution is 2.43. The number of aryl methyl sites for hydroxylation is 1. The van der Waals surface area contributed by atoms with E-state index in [-0.39, 0.29) is 46.9 Å². The summed E-state index contributed by atoms with van der Waals surface area (Å²) in [7, 11) is -0.537. The van der Waals surface area contributed by atoms with E-state index in [1.807, 2.05) is 6.07 Å². The third-order valence-electron chi connectivity index (χ3n) is 14.7. The topological polar surface area (TPSA) is 170 Å². The van der Waals surface area contributed by atoms with Crippen LogP contribution in [0.4, 0.5) is 18.9 Å². The quantitative estimate of drug-likeness (QED) is 0.102. The van der Waals surface area contributed by atoms with Crippen LogP contribution in [-0.4, -0.2) is 110 Å². The number of carbonyl (C=O) groups is 4. The summed E-state index contributed by atoms with van der Waals surface area (Å²) in [5.74, 6) is -4.90. The van der Waals surface area contributed by atoms with E-state index in [0.29, 0.717) is 84.0 Å². The number of alkyl halides is 2. The molecule has 4 amide bonds. The Morgan fingerprint density at radius 3 is 2.23 bits per heavy atom. The Morgan fingerprint density at radius 1 is 0.887 bits per heavy atom. The summed E-state index contributed by atoms with van der Waals surface area (Å²) >= 11 is 0. The lowest BCUT2D eigenvalue weighted by Crippen LogP contribution is -2.50. The average Bonchev–Trinajstić information content (AvgIpc) is 3.80. The van der Waals surface area contributed by atoms with Gasteiger partial charge in [-0.25, -0.2) is 12.8 Å². The lowest BCUT2D eigenvalue weighted by molar-refractivity contribution is -0.137. The minimum absolute atomic E-state index is 0.127. The summed E-state index contributed by atoms with van der Waals surface area (Å²) in [4.78, 5) is 58.1. The van der Waals surface area contributed by atoms with Crippen LogP contribution in [0.15, 0.2) is 72.8 Å². The summed E-state index contributed by atoms with van der Waals surface area (Å²) in [6, 6.07) is 17.0. The van der Waals surface area contributed by atoms with Gasteiger partial charge < -0.3 is 19.1 Å². The predicted octanol–water partition coefficient (Wildman–Crippen LogP) is 7.71. The first-order valence-corrected chi connectivity index (χ1v) is 26.0. The smallest absolute Gasteiger partial charge is 0.285 e. The maximum Gasteiger partial charge on any atom is 0.285 e. The predicted molar refractivity (Wildman–Crippen MR) is 258 cm³/mol. The number of carbonyl (C=O) groups excluding carboxylic acids is 4. The molecule has 9 rings (SSSR count). The van der Waals surface area contributed by atoms with Crippen LogP contribution in [0.2, 0.25) is 0 Å². The normalized spacial score (nSPS) is 20.1. The largest absolute Gasteiger partial charge is 0.493 e. The number of halogens is 3. The Labute approximate surface area is 410 Å². The average molecular weight is 999 g/mol. The molecule has 0 saturated carbocycles. The van der Waals surface area contributed by atoms with E-state index in [0.717, 1.165) is 36.8 Å². The number of benzene rings is 4. The van der Waals surface area contributed by atoms with Crippen molar-refractivity contribution >= 4 is 50.1 Å². The van der Waals surface area contributed by atoms with Gasteiger partial charge in [0.1, 0.15) is 15.6 Å². The van der Waals surface area contributed by atoms with Crippen LogP contribution in [0.1, 0.15) is 96.0 Å². The molecule has 5 aromatic rings. The molecular formula is C52H57F3N6O9S. The molecular weight excluding hydrogens is 942 g/mol. The Bertz CT molecular complexity index is 3020. The van der Waals surface area contributed by atoms with Crippen LogP contribution in [-0.2, 0) is 37.8 Å². The van der Waals surface area contributed by atoms with Gasteiger partial charge in [-0.2, -0.15) is 13.9 Å². The van der Waals surface area contributed by atoms with E-state index in [1.54, 1.807) is 56.1 Å². The minimum atomic E-state index is -3.68. The van der Waals surface area contributed by atoms with E-state index in [2.05, 4.69) is 15.3 Å². The molecule has 2 atom stereocenters. The molecule has 4 aliphatic heterocycles. The Kier molecular flexibility index (Phi) is 13.4. The highest BCUT2D eigenvalue weighted by molar-refractivity contribution is 7.90. The number of nitrogens with one attached hydrogen (secondary N) is 1. The number of amides is 4. The first-order valence-electron chi connectivity index (χ1n) is 23.9. The zero-order valence-corrected chi connectivity index (χ0v) is 41.1. The van der Waals surface area contributed by atoms with E-state index in [4.69, 9.17) is 14.2 Å². The maximum absolute atomic E-state index is 15.8. The second kappa shape index (κ2) is 19.3. The second-order valence-corrected chi connectivity index (χ2v) is 21.6. The molecule has 3 fully saturated rings. The van der Waals surface area contributed by atoms with Gasteiger partial charge in [0.2, 0.25) is 11.8 Å². The van der Waals surface area contributed by atoms with Crippen molar-refractivity contribution in [2.24, 2.45) is 18.9 Å². The molecule has 0 bridgehead atoms. The van der Waals surface area contributed by atoms with Crippen LogP contribution in [0, 0.1) is 17.7 Å². The molecule has 376 valence electrons. The zero-order valence-electron chi connectivity index (χ0n) is 40.3. The molecule has 15 nitrogen and oxygen atoms in total. The number of piperidine rings is 3. The van der Waals surface area contributed by atoms with Crippen molar-refractivity contribution in [1.82, 2.24) is 24.9 Å². The number of aromatic nitrogens is 2. The highest BCUT2D eigenvalue weighted by atomic mass is 32.2. The number of ether oxygens (including phenoxy) is 3. The summed E-state index contributed by atoms with van der Waals surface area (Å²) in [6.45, 7) is 5.59. The van der Waals surface area contributed by atoms with Crippen LogP contribution in [0.25, 0.3) is 10.9 Å². The minimum Gasteiger partial charge on any atom is -0.493 e. The molecule has 5 heterocycles. The molecule has 19 heteroatoms. The van der Waals surface area contributed by atoms with Gasteiger partial charge in [-0.05, 0) is 131 Å². The van der Waals surface area contributed by atoms with Crippen molar-refractivity contribution in [1.29, 1.82) is 0 Å². The van der Waals surface area contributed by atoms with Gasteiger partial charge in [0, 0.05) is 49.8 Å². The van der Waals surface area contributed by atoms with Crippen LogP contribution in [0.3, 0.4) is 0 Å². The van der Waals surface area contributed by atoms with Gasteiger partial charge in [0.05, 0.1) is 65.5 Å². The zero-order chi connectivity index (χ0) is 50.6. The highest BCUT2D eigenvalue weighted by Gasteiger charge is 2.46. The van der Waals surface area contributed by atoms with E-state index < -0.39 is 63.1 Å². The van der Waals surface area contributed by atoms with E-state index >= 15 is 13.2 Å². The fourth-order valence-corrected chi connectivity index (χ4v) is 11.8. The van der Waals surface area contributed by atoms with E-state index in [1.165, 1.54) is 48.2 Å². The summed E-state index contributed by atoms with van der Waals surface area (Å²) < 4.78 is 91.3. The van der Waals surface area contributed by atoms with Crippen molar-refractivity contribution < 1.29 is 55.0 Å². The standard InChI is InChI=1S/C52H57F3N6O9S/c1-6-69-44-26-33(10-15-42(44)68-4)41(29-71(5,66)67)61-48(63)36-8-7-9-39(46(36)49(61)64)60-24-19-32(20-25-60)31-17-22-59(23-18-31)30-52(54,55)34-11-13-35(14-12-34)70-43-28-40-37(27-38(43)53)47(57-58(40)3)51(2)21-16-45(62)56-50(51)65/h7-15,26-28,31-32,41H,6,16-25,29-30H2,1-5H3,(H,56,62,65). The fraction of sp³-hybridized carbons (Fsp3) is 0.442. The number of fused-ring (bicyclic) bond motifs is 2. The second-order valence-electron chi connectivity index (χ2n) is 19.4. The Morgan fingerprint density at radius 2 is 1.58 bits per heavy atom. The SMILES string of the molecule is CCOc1cc(C(CS(C)(=O)=O)N2C(=O)c3cccc(N4CCC(C5CCN(CC(F)(F)c6ccc(Oc7cc8c(cc7F)c(C7(C)CCC(=O)NC7=O)nn8C)cc6)CC5)CC4)c3C2=O)ccc1OC. The number of anilines is 1. The van der Waals surface area contributed by atoms with Crippen LogP contribution in [0.5, 0.6) is 23.0 Å². The molecule has 4 aromatic carbocycles. The number of hydrogen-bond acceptors (Lipinski definition) is 12. The van der Waals surface area contributed by atoms with Gasteiger partial charge >= 0.3 is 0 Å². The van der Waals surface area contributed by atoms with E-state index in [9.17, 15) is 27.6 Å². The van der Waals surface area contributed by atoms with Crippen molar-refractivity contribution in [2.45, 2.75) is 69.8 Å². The van der Waals surface area contributed by atoms with Crippen LogP contribution >= 0.6 is 0 Å². The maximum atomic E-state index is 15.8. The van der Waals surface area contributed by atoms with Gasteiger partial charge in [-0.1, -0.05) is 12.1 Å². The van der Waals surface area contributed by atoms with Crippen molar-refractivity contribution in [3.63, 3.8) is 0 Å². The van der Waals surface area contributed by atoms with Gasteiger partial charge in [-0.15, -0.1) is 0 Å². The molecule has 1 aromatic heterocycles. The Balaban J connectivity index is 0.799. The number of hydrogen-bond donors (Lipinski definition) is 1. The molecule has 71 heavy (non-hydrogen) atoms. The molecule has 0 radical (unpaired) electrons. The number of sulfone groups is 1. The van der Waals surface area contributed by atoms with Gasteiger partial charge in [0.15, 0.2) is 23.1 Å². The lowest BCUT2D eigenvalue weighted by Gasteiger charge is -2.41. The van der Waals surface area contributed by atoms with Gasteiger partial charge in [-0.3, -0.25) is 39.0 Å². The summed E-state index contributed by atoms with van der Waals surface area (Å²) in [6.07, 6.45) is 4.57. The number of rotatable bonds is 15. The number of imide groups is 2. The first-order chi connectivity index (χ1) is 33.8. The van der Waals surface area contributed by atoms with Crippen molar-refractivity contribution in [2.75, 3.05) is 63.3 Å². The molecule has 3 saturated heterocycles. The van der Waals surface area contributed by atoms with Crippen molar-refractivity contribution in [3.05, 3.63) is 107 Å². The van der Waals surface area contributed by atoms with Gasteiger partial charge in [0.25, 0.3) is 17.7 Å². The number of nitrogens with zero attached hydrogens (tertiary/aromatic N) is 5. The third-order valence-corrected chi connectivity index (χ3v) is 15.6. The van der Waals surface area contributed by atoms with Crippen LogP contribution < -0.4 is 24.4 Å². The summed E-state index contributed by atoms with van der Waals surface area (Å²) in [5, 5.41) is 7.26. The first kappa shape index (κ1) is 49.5. The molecule has 4 aliphatic rings. The Hall–Kier alpha value is -6.47. The van der Waals surface area contributed by atoms with Crippen molar-refractivity contribution in [3.8, 4) is 23.0 Å². The third kappa shape index (κ3) is 9.69. The number of methoxy groups -OCH3 is 1.